The van der Waals surface area contributed by atoms with E-state index in [2.05, 4.69) is 20.8 Å². The van der Waals surface area contributed by atoms with Crippen molar-refractivity contribution in [1.29, 1.82) is 0 Å². The molecule has 0 aromatic heterocycles. The van der Waals surface area contributed by atoms with E-state index in [9.17, 15) is 0 Å². The quantitative estimate of drug-likeness (QED) is 0.296. The number of aliphatic hydroxyl groups excluding tert-OH is 1. The maximum atomic E-state index is 9.05. The van der Waals surface area contributed by atoms with Crippen molar-refractivity contribution in [2.24, 2.45) is 47.3 Å². The lowest BCUT2D eigenvalue weighted by Crippen LogP contribution is -2.37. The Morgan fingerprint density at radius 3 is 1.53 bits per heavy atom. The fraction of sp³-hybridized carbons (Fsp3) is 1.00. The second-order valence-corrected chi connectivity index (χ2v) is 12.5. The molecular formula is C31H58O. The molecule has 0 saturated heterocycles. The summed E-state index contributed by atoms with van der Waals surface area (Å²) in [5, 5.41) is 9.05. The number of rotatable bonds is 12. The maximum Gasteiger partial charge on any atom is 0.0431 e. The molecule has 0 amide bonds. The summed E-state index contributed by atoms with van der Waals surface area (Å²) in [6.45, 7) is 7.75. The molecule has 1 N–H and O–H groups in total. The summed E-state index contributed by atoms with van der Waals surface area (Å²) in [5.74, 6) is 8.22. The van der Waals surface area contributed by atoms with Crippen molar-refractivity contribution >= 4 is 0 Å². The predicted octanol–water partition coefficient (Wildman–Crippen LogP) is 9.42. The van der Waals surface area contributed by atoms with Gasteiger partial charge in [-0.1, -0.05) is 111 Å². The van der Waals surface area contributed by atoms with Crippen molar-refractivity contribution in [2.45, 2.75) is 143 Å². The van der Waals surface area contributed by atoms with Crippen molar-refractivity contribution in [1.82, 2.24) is 0 Å². The lowest BCUT2D eigenvalue weighted by Gasteiger charge is -2.46. The van der Waals surface area contributed by atoms with Gasteiger partial charge in [-0.15, -0.1) is 0 Å². The van der Waals surface area contributed by atoms with E-state index in [1.54, 1.807) is 32.1 Å². The molecule has 0 bridgehead atoms. The zero-order valence-corrected chi connectivity index (χ0v) is 22.2. The Hall–Kier alpha value is -0.0400. The highest BCUT2D eigenvalue weighted by molar-refractivity contribution is 4.90. The van der Waals surface area contributed by atoms with E-state index in [1.807, 2.05) is 0 Å². The second kappa shape index (κ2) is 14.4. The van der Waals surface area contributed by atoms with Gasteiger partial charge in [0.2, 0.25) is 0 Å². The summed E-state index contributed by atoms with van der Waals surface area (Å²) in [6.07, 6.45) is 27.6. The Morgan fingerprint density at radius 1 is 0.500 bits per heavy atom. The fourth-order valence-electron chi connectivity index (χ4n) is 8.48. The molecule has 0 aromatic carbocycles. The molecule has 0 spiro atoms. The SMILES string of the molecule is CCC1CCC(CCC2CCC(C3CCC(CCCCCO)CC3CC)C(CC)C2)CC1. The molecular weight excluding hydrogens is 388 g/mol. The van der Waals surface area contributed by atoms with Crippen LogP contribution < -0.4 is 0 Å². The maximum absolute atomic E-state index is 9.05. The fourth-order valence-corrected chi connectivity index (χ4v) is 8.48. The first-order chi connectivity index (χ1) is 15.7. The molecule has 3 fully saturated rings. The van der Waals surface area contributed by atoms with E-state index < -0.39 is 0 Å². The number of aliphatic hydroxyl groups is 1. The van der Waals surface area contributed by atoms with Gasteiger partial charge in [0.15, 0.2) is 0 Å². The van der Waals surface area contributed by atoms with Crippen LogP contribution in [0.3, 0.4) is 0 Å². The summed E-state index contributed by atoms with van der Waals surface area (Å²) in [5.41, 5.74) is 0. The van der Waals surface area contributed by atoms with Crippen LogP contribution in [0.25, 0.3) is 0 Å². The Balaban J connectivity index is 1.43. The molecule has 3 aliphatic rings. The third kappa shape index (κ3) is 7.74. The van der Waals surface area contributed by atoms with Crippen LogP contribution in [-0.4, -0.2) is 11.7 Å². The van der Waals surface area contributed by atoms with Gasteiger partial charge in [-0.3, -0.25) is 0 Å². The lowest BCUT2D eigenvalue weighted by atomic mass is 9.59. The van der Waals surface area contributed by atoms with E-state index >= 15 is 0 Å². The van der Waals surface area contributed by atoms with Crippen LogP contribution >= 0.6 is 0 Å². The van der Waals surface area contributed by atoms with Crippen LogP contribution in [-0.2, 0) is 0 Å². The summed E-state index contributed by atoms with van der Waals surface area (Å²) < 4.78 is 0. The normalized spacial score (nSPS) is 38.6. The van der Waals surface area contributed by atoms with Gasteiger partial charge >= 0.3 is 0 Å². The molecule has 3 rings (SSSR count). The molecule has 32 heavy (non-hydrogen) atoms. The van der Waals surface area contributed by atoms with E-state index in [4.69, 9.17) is 5.11 Å². The number of hydrogen-bond donors (Lipinski definition) is 1. The molecule has 188 valence electrons. The van der Waals surface area contributed by atoms with Gasteiger partial charge < -0.3 is 5.11 Å². The van der Waals surface area contributed by atoms with Crippen LogP contribution in [0, 0.1) is 47.3 Å². The molecule has 1 heteroatoms. The van der Waals surface area contributed by atoms with E-state index in [1.165, 1.54) is 83.5 Å². The monoisotopic (exact) mass is 446 g/mol. The van der Waals surface area contributed by atoms with Gasteiger partial charge in [0.25, 0.3) is 0 Å². The van der Waals surface area contributed by atoms with Gasteiger partial charge in [0.05, 0.1) is 0 Å². The summed E-state index contributed by atoms with van der Waals surface area (Å²) >= 11 is 0. The van der Waals surface area contributed by atoms with Crippen molar-refractivity contribution in [2.75, 3.05) is 6.61 Å². The van der Waals surface area contributed by atoms with Gasteiger partial charge in [-0.05, 0) is 79.4 Å². The molecule has 3 saturated carbocycles. The van der Waals surface area contributed by atoms with Crippen molar-refractivity contribution in [3.8, 4) is 0 Å². The minimum Gasteiger partial charge on any atom is -0.396 e. The third-order valence-corrected chi connectivity index (χ3v) is 10.7. The minimum atomic E-state index is 0.380. The van der Waals surface area contributed by atoms with Crippen LogP contribution in [0.1, 0.15) is 143 Å². The van der Waals surface area contributed by atoms with Crippen LogP contribution in [0.5, 0.6) is 0 Å². The molecule has 3 aliphatic carbocycles. The van der Waals surface area contributed by atoms with Gasteiger partial charge in [0, 0.05) is 6.61 Å². The largest absolute Gasteiger partial charge is 0.396 e. The van der Waals surface area contributed by atoms with Crippen LogP contribution in [0.2, 0.25) is 0 Å². The smallest absolute Gasteiger partial charge is 0.0431 e. The second-order valence-electron chi connectivity index (χ2n) is 12.5. The average molecular weight is 447 g/mol. The van der Waals surface area contributed by atoms with E-state index in [0.717, 1.165) is 53.8 Å². The van der Waals surface area contributed by atoms with Crippen molar-refractivity contribution < 1.29 is 5.11 Å². The Kier molecular flexibility index (Phi) is 11.9. The van der Waals surface area contributed by atoms with Crippen LogP contribution in [0.15, 0.2) is 0 Å². The summed E-state index contributed by atoms with van der Waals surface area (Å²) in [4.78, 5) is 0. The highest BCUT2D eigenvalue weighted by Gasteiger charge is 2.40. The van der Waals surface area contributed by atoms with Gasteiger partial charge in [-0.25, -0.2) is 0 Å². The number of unbranched alkanes of at least 4 members (excludes halogenated alkanes) is 2. The molecule has 0 aliphatic heterocycles. The number of hydrogen-bond acceptors (Lipinski definition) is 1. The molecule has 0 aromatic rings. The van der Waals surface area contributed by atoms with E-state index in [0.29, 0.717) is 6.61 Å². The summed E-state index contributed by atoms with van der Waals surface area (Å²) in [7, 11) is 0. The van der Waals surface area contributed by atoms with Crippen molar-refractivity contribution in [3.63, 3.8) is 0 Å². The standard InChI is InChI=1S/C31H58O/c1-4-24-11-13-25(14-12-24)15-16-27-18-20-31(29(6-3)23-27)30-19-17-26(22-28(30)5-2)10-8-7-9-21-32/h24-32H,4-23H2,1-3H3. The van der Waals surface area contributed by atoms with Crippen LogP contribution in [0.4, 0.5) is 0 Å². The predicted molar refractivity (Wildman–Crippen MR) is 140 cm³/mol. The third-order valence-electron chi connectivity index (χ3n) is 10.7. The van der Waals surface area contributed by atoms with E-state index in [-0.39, 0.29) is 0 Å². The Morgan fingerprint density at radius 2 is 1.00 bits per heavy atom. The molecule has 6 unspecified atom stereocenters. The molecule has 0 heterocycles. The first kappa shape index (κ1) is 26.6. The van der Waals surface area contributed by atoms with Gasteiger partial charge in [-0.2, -0.15) is 0 Å². The Labute approximate surface area is 201 Å². The summed E-state index contributed by atoms with van der Waals surface area (Å²) in [6, 6.07) is 0. The average Bonchev–Trinajstić information content (AvgIpc) is 2.85. The van der Waals surface area contributed by atoms with Crippen molar-refractivity contribution in [3.05, 3.63) is 0 Å². The molecule has 6 atom stereocenters. The first-order valence-electron chi connectivity index (χ1n) is 15.3. The Bertz CT molecular complexity index is 479. The highest BCUT2D eigenvalue weighted by Crippen LogP contribution is 2.50. The lowest BCUT2D eigenvalue weighted by molar-refractivity contribution is 0.0374. The highest BCUT2D eigenvalue weighted by atomic mass is 16.2. The zero-order valence-electron chi connectivity index (χ0n) is 22.2. The van der Waals surface area contributed by atoms with Gasteiger partial charge in [0.1, 0.15) is 0 Å². The zero-order chi connectivity index (χ0) is 22.8. The molecule has 0 radical (unpaired) electrons. The topological polar surface area (TPSA) is 20.2 Å². The minimum absolute atomic E-state index is 0.380. The first-order valence-corrected chi connectivity index (χ1v) is 15.3. The molecule has 1 nitrogen and oxygen atoms in total.